The van der Waals surface area contributed by atoms with Crippen LogP contribution in [0.15, 0.2) is 12.2 Å². The molecule has 0 aromatic carbocycles. The average Bonchev–Trinajstić information content (AvgIpc) is 1.63. The largest absolute Gasteiger partial charge is 0.448 e. The van der Waals surface area contributed by atoms with Crippen LogP contribution in [0.2, 0.25) is 0 Å². The number of carbonyl (C=O) groups excluding carboxylic acids is 1. The van der Waals surface area contributed by atoms with E-state index in [9.17, 15) is 4.79 Å². The highest BCUT2D eigenvalue weighted by Crippen LogP contribution is 1.99. The van der Waals surface area contributed by atoms with E-state index < -0.39 is 0 Å². The predicted octanol–water partition coefficient (Wildman–Crippen LogP) is 1.85. The van der Waals surface area contributed by atoms with Crippen LogP contribution in [-0.4, -0.2) is 11.0 Å². The van der Waals surface area contributed by atoms with Gasteiger partial charge in [0.15, 0.2) is 5.01 Å². The van der Waals surface area contributed by atoms with Crippen molar-refractivity contribution in [2.24, 2.45) is 0 Å². The van der Waals surface area contributed by atoms with E-state index in [1.807, 2.05) is 0 Å². The van der Waals surface area contributed by atoms with E-state index in [-0.39, 0.29) is 11.0 Å². The number of hydrogen-bond acceptors (Lipinski definition) is 2. The van der Waals surface area contributed by atoms with Crippen molar-refractivity contribution in [2.75, 3.05) is 0 Å². The lowest BCUT2D eigenvalue weighted by Gasteiger charge is -2.01. The van der Waals surface area contributed by atoms with Crippen LogP contribution in [0.1, 0.15) is 13.8 Å². The minimum absolute atomic E-state index is 0.207. The van der Waals surface area contributed by atoms with Gasteiger partial charge >= 0.3 is 5.97 Å². The molecule has 0 aliphatic heterocycles. The molecule has 2 nitrogen and oxygen atoms in total. The van der Waals surface area contributed by atoms with Gasteiger partial charge in [0.25, 0.3) is 0 Å². The molecule has 0 heterocycles. The van der Waals surface area contributed by atoms with Gasteiger partial charge in [-0.3, -0.25) is 0 Å². The van der Waals surface area contributed by atoms with Gasteiger partial charge in [-0.1, -0.05) is 6.08 Å². The maximum absolute atomic E-state index is 10.5. The molecule has 0 aliphatic rings. The Bertz CT molecular complexity index is 118. The zero-order valence-corrected chi connectivity index (χ0v) is 7.01. The minimum atomic E-state index is -0.318. The third-order valence-electron chi connectivity index (χ3n) is 0.581. The first-order chi connectivity index (χ1) is 4.16. The van der Waals surface area contributed by atoms with Crippen LogP contribution in [0.4, 0.5) is 0 Å². The van der Waals surface area contributed by atoms with Gasteiger partial charge in [-0.15, -0.1) is 0 Å². The monoisotopic (exact) mass is 192 g/mol. The van der Waals surface area contributed by atoms with Gasteiger partial charge in [0.05, 0.1) is 0 Å². The van der Waals surface area contributed by atoms with Gasteiger partial charge in [0, 0.05) is 6.08 Å². The Balaban J connectivity index is 3.51. The Hall–Kier alpha value is -0.310. The minimum Gasteiger partial charge on any atom is -0.448 e. The highest BCUT2D eigenvalue weighted by atomic mass is 79.9. The Morgan fingerprint density at radius 1 is 1.78 bits per heavy atom. The lowest BCUT2D eigenvalue weighted by atomic mass is 10.5. The Morgan fingerprint density at radius 2 is 2.33 bits per heavy atom. The molecule has 0 spiro atoms. The highest BCUT2D eigenvalue weighted by Gasteiger charge is 1.98. The number of hydrogen-bond donors (Lipinski definition) is 0. The quantitative estimate of drug-likeness (QED) is 0.380. The topological polar surface area (TPSA) is 26.3 Å². The van der Waals surface area contributed by atoms with Crippen LogP contribution in [0.3, 0.4) is 0 Å². The standard InChI is InChI=1S/C6H9BrO2/c1-3-4-6(8)9-5(2)7/h3-5H,1-2H3/b4-3+. The van der Waals surface area contributed by atoms with Crippen molar-refractivity contribution in [1.82, 2.24) is 0 Å². The maximum Gasteiger partial charge on any atom is 0.331 e. The molecule has 0 saturated heterocycles. The molecule has 3 heteroatoms. The average molecular weight is 193 g/mol. The summed E-state index contributed by atoms with van der Waals surface area (Å²) < 4.78 is 4.68. The van der Waals surface area contributed by atoms with Crippen LogP contribution in [0, 0.1) is 0 Å². The van der Waals surface area contributed by atoms with E-state index in [1.165, 1.54) is 6.08 Å². The summed E-state index contributed by atoms with van der Waals surface area (Å²) in [7, 11) is 0. The Kier molecular flexibility index (Phi) is 4.40. The SMILES string of the molecule is C/C=C/C(=O)OC(C)Br. The summed E-state index contributed by atoms with van der Waals surface area (Å²) in [5.74, 6) is -0.318. The molecule has 0 aliphatic carbocycles. The van der Waals surface area contributed by atoms with Crippen molar-refractivity contribution in [2.45, 2.75) is 18.9 Å². The van der Waals surface area contributed by atoms with E-state index >= 15 is 0 Å². The molecule has 0 aromatic heterocycles. The maximum atomic E-state index is 10.5. The molecule has 1 unspecified atom stereocenters. The first-order valence-corrected chi connectivity index (χ1v) is 3.55. The van der Waals surface area contributed by atoms with Gasteiger partial charge in [-0.05, 0) is 29.8 Å². The van der Waals surface area contributed by atoms with Crippen molar-refractivity contribution in [3.63, 3.8) is 0 Å². The number of ether oxygens (including phenoxy) is 1. The summed E-state index contributed by atoms with van der Waals surface area (Å²) in [6.07, 6.45) is 3.01. The summed E-state index contributed by atoms with van der Waals surface area (Å²) in [5.41, 5.74) is 0. The fraction of sp³-hybridized carbons (Fsp3) is 0.500. The number of allylic oxidation sites excluding steroid dienone is 1. The first kappa shape index (κ1) is 8.69. The smallest absolute Gasteiger partial charge is 0.331 e. The van der Waals surface area contributed by atoms with E-state index in [4.69, 9.17) is 0 Å². The lowest BCUT2D eigenvalue weighted by Crippen LogP contribution is -2.05. The summed E-state index contributed by atoms with van der Waals surface area (Å²) >= 11 is 3.07. The van der Waals surface area contributed by atoms with Crippen molar-refractivity contribution < 1.29 is 9.53 Å². The number of halogens is 1. The molecule has 52 valence electrons. The summed E-state index contributed by atoms with van der Waals surface area (Å²) in [4.78, 5) is 10.5. The molecule has 0 fully saturated rings. The van der Waals surface area contributed by atoms with Crippen molar-refractivity contribution in [3.8, 4) is 0 Å². The molecule has 0 bridgehead atoms. The molecule has 0 radical (unpaired) electrons. The van der Waals surface area contributed by atoms with Gasteiger partial charge < -0.3 is 4.74 Å². The summed E-state index contributed by atoms with van der Waals surface area (Å²) in [5, 5.41) is -0.207. The molecule has 9 heavy (non-hydrogen) atoms. The van der Waals surface area contributed by atoms with E-state index in [0.717, 1.165) is 0 Å². The van der Waals surface area contributed by atoms with E-state index in [1.54, 1.807) is 19.9 Å². The van der Waals surface area contributed by atoms with E-state index in [0.29, 0.717) is 0 Å². The zero-order valence-electron chi connectivity index (χ0n) is 5.43. The second kappa shape index (κ2) is 4.56. The van der Waals surface area contributed by atoms with E-state index in [2.05, 4.69) is 20.7 Å². The van der Waals surface area contributed by atoms with Crippen LogP contribution in [0.5, 0.6) is 0 Å². The van der Waals surface area contributed by atoms with Gasteiger partial charge in [0.1, 0.15) is 0 Å². The molecule has 1 atom stereocenters. The second-order valence-corrected chi connectivity index (χ2v) is 2.77. The Morgan fingerprint density at radius 3 is 2.67 bits per heavy atom. The van der Waals surface area contributed by atoms with Crippen molar-refractivity contribution in [3.05, 3.63) is 12.2 Å². The second-order valence-electron chi connectivity index (χ2n) is 1.48. The first-order valence-electron chi connectivity index (χ1n) is 2.64. The third kappa shape index (κ3) is 5.56. The predicted molar refractivity (Wildman–Crippen MR) is 39.3 cm³/mol. The number of alkyl halides is 1. The molecule has 0 N–H and O–H groups in total. The van der Waals surface area contributed by atoms with Crippen LogP contribution in [-0.2, 0) is 9.53 Å². The number of rotatable bonds is 2. The number of carbonyl (C=O) groups is 1. The fourth-order valence-corrected chi connectivity index (χ4v) is 0.520. The normalized spacial score (nSPS) is 13.7. The fourth-order valence-electron chi connectivity index (χ4n) is 0.335. The molecule has 0 rings (SSSR count). The highest BCUT2D eigenvalue weighted by molar-refractivity contribution is 9.09. The summed E-state index contributed by atoms with van der Waals surface area (Å²) in [6.45, 7) is 3.50. The molecule has 0 amide bonds. The zero-order chi connectivity index (χ0) is 7.28. The molecule has 0 aromatic rings. The Labute approximate surface area is 63.0 Å². The van der Waals surface area contributed by atoms with Gasteiger partial charge in [-0.25, -0.2) is 4.79 Å². The number of esters is 1. The summed E-state index contributed by atoms with van der Waals surface area (Å²) in [6, 6.07) is 0. The lowest BCUT2D eigenvalue weighted by molar-refractivity contribution is -0.138. The molecular weight excluding hydrogens is 184 g/mol. The van der Waals surface area contributed by atoms with Crippen molar-refractivity contribution >= 4 is 21.9 Å². The molecular formula is C6H9BrO2. The van der Waals surface area contributed by atoms with Gasteiger partial charge in [-0.2, -0.15) is 0 Å². The third-order valence-corrected chi connectivity index (χ3v) is 0.768. The van der Waals surface area contributed by atoms with Crippen LogP contribution < -0.4 is 0 Å². The molecule has 0 saturated carbocycles. The van der Waals surface area contributed by atoms with Gasteiger partial charge in [0.2, 0.25) is 0 Å². The van der Waals surface area contributed by atoms with Crippen molar-refractivity contribution in [1.29, 1.82) is 0 Å². The van der Waals surface area contributed by atoms with Crippen LogP contribution in [0.25, 0.3) is 0 Å². The van der Waals surface area contributed by atoms with Crippen LogP contribution >= 0.6 is 15.9 Å².